The molecule has 0 saturated heterocycles. The highest BCUT2D eigenvalue weighted by Crippen LogP contribution is 2.14. The lowest BCUT2D eigenvalue weighted by Crippen LogP contribution is -2.38. The van der Waals surface area contributed by atoms with Crippen molar-refractivity contribution in [3.8, 4) is 0 Å². The molecule has 0 aliphatic heterocycles. The van der Waals surface area contributed by atoms with E-state index in [1.54, 1.807) is 0 Å². The molecule has 0 bridgehead atoms. The first-order chi connectivity index (χ1) is 8.91. The van der Waals surface area contributed by atoms with Crippen molar-refractivity contribution >= 4 is 17.0 Å². The van der Waals surface area contributed by atoms with E-state index in [-0.39, 0.29) is 16.6 Å². The van der Waals surface area contributed by atoms with Crippen molar-refractivity contribution in [1.29, 1.82) is 0 Å². The van der Waals surface area contributed by atoms with Gasteiger partial charge in [-0.1, -0.05) is 6.07 Å². The van der Waals surface area contributed by atoms with Gasteiger partial charge in [-0.3, -0.25) is 14.2 Å². The first kappa shape index (κ1) is 12.9. The lowest BCUT2D eigenvalue weighted by molar-refractivity contribution is 0.0699. The van der Waals surface area contributed by atoms with Gasteiger partial charge in [-0.2, -0.15) is 0 Å². The first-order valence-electron chi connectivity index (χ1n) is 5.19. The molecule has 0 radical (unpaired) electrons. The second kappa shape index (κ2) is 4.63. The fraction of sp³-hybridized carbons (Fsp3) is 0.182. The first-order valence-corrected chi connectivity index (χ1v) is 5.19. The van der Waals surface area contributed by atoms with Gasteiger partial charge in [0.15, 0.2) is 0 Å². The van der Waals surface area contributed by atoms with E-state index < -0.39 is 30.1 Å². The minimum Gasteiger partial charge on any atom is -0.478 e. The van der Waals surface area contributed by atoms with Crippen LogP contribution in [0.5, 0.6) is 0 Å². The summed E-state index contributed by atoms with van der Waals surface area (Å²) in [5, 5.41) is 8.96. The molecule has 0 atom stereocenters. The van der Waals surface area contributed by atoms with Gasteiger partial charge in [0, 0.05) is 0 Å². The average molecular weight is 270 g/mol. The molecule has 2 aromatic rings. The largest absolute Gasteiger partial charge is 0.478 e. The van der Waals surface area contributed by atoms with E-state index in [0.717, 1.165) is 0 Å². The summed E-state index contributed by atoms with van der Waals surface area (Å²) in [4.78, 5) is 36.0. The van der Waals surface area contributed by atoms with Gasteiger partial charge in [-0.15, -0.1) is 0 Å². The second-order valence-electron chi connectivity index (χ2n) is 3.77. The maximum Gasteiger partial charge on any atom is 0.337 e. The van der Waals surface area contributed by atoms with Gasteiger partial charge < -0.3 is 10.1 Å². The number of para-hydroxylation sites is 1. The van der Waals surface area contributed by atoms with Crippen LogP contribution in [0.3, 0.4) is 0 Å². The van der Waals surface area contributed by atoms with Gasteiger partial charge in [-0.25, -0.2) is 13.6 Å². The number of H-pyrrole nitrogens is 1. The molecule has 6 nitrogen and oxygen atoms in total. The van der Waals surface area contributed by atoms with E-state index in [2.05, 4.69) is 4.98 Å². The van der Waals surface area contributed by atoms with Crippen LogP contribution in [-0.2, 0) is 6.54 Å². The Labute approximate surface area is 103 Å². The number of alkyl halides is 2. The quantitative estimate of drug-likeness (QED) is 0.801. The van der Waals surface area contributed by atoms with Crippen LogP contribution >= 0.6 is 0 Å². The van der Waals surface area contributed by atoms with Crippen molar-refractivity contribution in [2.75, 3.05) is 0 Å². The maximum atomic E-state index is 12.4. The number of rotatable bonds is 3. The Bertz CT molecular complexity index is 763. The second-order valence-corrected chi connectivity index (χ2v) is 3.77. The molecule has 0 fully saturated rings. The van der Waals surface area contributed by atoms with E-state index in [4.69, 9.17) is 5.11 Å². The van der Waals surface area contributed by atoms with Crippen LogP contribution in [0, 0.1) is 0 Å². The Hall–Kier alpha value is -2.51. The normalized spacial score (nSPS) is 11.1. The van der Waals surface area contributed by atoms with Gasteiger partial charge in [0.1, 0.15) is 0 Å². The third-order valence-electron chi connectivity index (χ3n) is 2.56. The van der Waals surface area contributed by atoms with Crippen LogP contribution in [0.1, 0.15) is 10.4 Å². The molecule has 100 valence electrons. The summed E-state index contributed by atoms with van der Waals surface area (Å²) in [6, 6.07) is 3.81. The highest BCUT2D eigenvalue weighted by molar-refractivity contribution is 6.00. The number of fused-ring (bicyclic) bond motifs is 1. The summed E-state index contributed by atoms with van der Waals surface area (Å²) in [5.74, 6) is -1.33. The zero-order valence-electron chi connectivity index (χ0n) is 9.39. The minimum atomic E-state index is -2.84. The van der Waals surface area contributed by atoms with E-state index in [9.17, 15) is 23.2 Å². The summed E-state index contributed by atoms with van der Waals surface area (Å²) in [6.07, 6.45) is -2.84. The van der Waals surface area contributed by atoms with E-state index >= 15 is 0 Å². The zero-order chi connectivity index (χ0) is 14.2. The van der Waals surface area contributed by atoms with Gasteiger partial charge in [0.05, 0.1) is 23.1 Å². The fourth-order valence-corrected chi connectivity index (χ4v) is 1.79. The minimum absolute atomic E-state index is 0.0511. The van der Waals surface area contributed by atoms with Crippen LogP contribution in [0.15, 0.2) is 27.8 Å². The van der Waals surface area contributed by atoms with Crippen LogP contribution in [-0.4, -0.2) is 27.1 Å². The average Bonchev–Trinajstić information content (AvgIpc) is 2.33. The highest BCUT2D eigenvalue weighted by atomic mass is 19.3. The molecule has 8 heteroatoms. The van der Waals surface area contributed by atoms with Gasteiger partial charge in [-0.05, 0) is 12.1 Å². The third kappa shape index (κ3) is 2.24. The molecule has 2 rings (SSSR count). The number of hydrogen-bond donors (Lipinski definition) is 2. The predicted octanol–water partition coefficient (Wildman–Crippen LogP) is 0.653. The van der Waals surface area contributed by atoms with Gasteiger partial charge in [0.25, 0.3) is 6.43 Å². The van der Waals surface area contributed by atoms with E-state index in [0.29, 0.717) is 4.57 Å². The van der Waals surface area contributed by atoms with Gasteiger partial charge in [0.2, 0.25) is 0 Å². The zero-order valence-corrected chi connectivity index (χ0v) is 9.39. The molecule has 2 N–H and O–H groups in total. The number of carboxylic acid groups (broad SMARTS) is 1. The van der Waals surface area contributed by atoms with Crippen LogP contribution in [0.25, 0.3) is 11.0 Å². The molecule has 19 heavy (non-hydrogen) atoms. The molecule has 1 heterocycles. The van der Waals surface area contributed by atoms with E-state index in [1.165, 1.54) is 18.2 Å². The number of carboxylic acids is 1. The molecule has 0 spiro atoms. The molecule has 0 saturated carbocycles. The number of aromatic amines is 1. The maximum absolute atomic E-state index is 12.4. The third-order valence-corrected chi connectivity index (χ3v) is 2.56. The topological polar surface area (TPSA) is 92.2 Å². The fourth-order valence-electron chi connectivity index (χ4n) is 1.79. The number of halogens is 2. The van der Waals surface area contributed by atoms with Gasteiger partial charge >= 0.3 is 17.1 Å². The number of aromatic nitrogens is 2. The Morgan fingerprint density at radius 1 is 1.37 bits per heavy atom. The van der Waals surface area contributed by atoms with Crippen molar-refractivity contribution in [2.24, 2.45) is 0 Å². The number of benzene rings is 1. The number of hydrogen-bond acceptors (Lipinski definition) is 3. The highest BCUT2D eigenvalue weighted by Gasteiger charge is 2.16. The Morgan fingerprint density at radius 2 is 2.05 bits per heavy atom. The van der Waals surface area contributed by atoms with Crippen LogP contribution in [0.2, 0.25) is 0 Å². The van der Waals surface area contributed by atoms with E-state index in [1.807, 2.05) is 0 Å². The van der Waals surface area contributed by atoms with Crippen LogP contribution in [0.4, 0.5) is 8.78 Å². The molecular weight excluding hydrogens is 262 g/mol. The smallest absolute Gasteiger partial charge is 0.337 e. The molecule has 0 unspecified atom stereocenters. The number of nitrogens with zero attached hydrogens (tertiary/aromatic N) is 1. The molecule has 1 aromatic carbocycles. The van der Waals surface area contributed by atoms with Crippen molar-refractivity contribution < 1.29 is 18.7 Å². The molecular formula is C11H8F2N2O4. The Balaban J connectivity index is 2.91. The lowest BCUT2D eigenvalue weighted by Gasteiger charge is -2.10. The molecule has 1 aromatic heterocycles. The summed E-state index contributed by atoms with van der Waals surface area (Å²) in [7, 11) is 0. The summed E-state index contributed by atoms with van der Waals surface area (Å²) >= 11 is 0. The van der Waals surface area contributed by atoms with Crippen molar-refractivity contribution in [3.05, 3.63) is 44.5 Å². The number of carbonyl (C=O) groups is 1. The lowest BCUT2D eigenvalue weighted by atomic mass is 10.1. The van der Waals surface area contributed by atoms with Crippen molar-refractivity contribution in [2.45, 2.75) is 13.0 Å². The number of nitrogens with one attached hydrogen (secondary N) is 1. The predicted molar refractivity (Wildman–Crippen MR) is 61.8 cm³/mol. The molecule has 0 amide bonds. The molecule has 0 aliphatic carbocycles. The summed E-state index contributed by atoms with van der Waals surface area (Å²) < 4.78 is 25.4. The monoisotopic (exact) mass is 270 g/mol. The van der Waals surface area contributed by atoms with Crippen molar-refractivity contribution in [1.82, 2.24) is 9.55 Å². The SMILES string of the molecule is O=C(O)c1cccc2c1[nH]c(=O)c(=O)n2CC(F)F. The Morgan fingerprint density at radius 3 is 2.63 bits per heavy atom. The number of aromatic carboxylic acids is 1. The van der Waals surface area contributed by atoms with Crippen LogP contribution < -0.4 is 11.1 Å². The summed E-state index contributed by atoms with van der Waals surface area (Å²) in [5.41, 5.74) is -2.75. The summed E-state index contributed by atoms with van der Waals surface area (Å²) in [6.45, 7) is -0.970. The van der Waals surface area contributed by atoms with Crippen molar-refractivity contribution in [3.63, 3.8) is 0 Å². The molecule has 0 aliphatic rings. The Kier molecular flexibility index (Phi) is 3.16. The standard InChI is InChI=1S/C11H8F2N2O4/c12-7(13)4-15-6-3-1-2-5(11(18)19)8(6)14-9(16)10(15)17/h1-3,7H,4H2,(H,14,16)(H,18,19).